The van der Waals surface area contributed by atoms with Crippen LogP contribution in [0.25, 0.3) is 0 Å². The normalized spacial score (nSPS) is 6.50. The highest BCUT2D eigenvalue weighted by Crippen LogP contribution is 2.03. The van der Waals surface area contributed by atoms with E-state index in [1.807, 2.05) is 27.7 Å². The van der Waals surface area contributed by atoms with Crippen LogP contribution < -0.4 is 0 Å². The van der Waals surface area contributed by atoms with Crippen molar-refractivity contribution in [2.45, 2.75) is 27.7 Å². The lowest BCUT2D eigenvalue weighted by Crippen LogP contribution is -1.42. The molecule has 0 saturated carbocycles. The van der Waals surface area contributed by atoms with E-state index in [0.717, 1.165) is 0 Å². The minimum atomic E-state index is 0.669. The van der Waals surface area contributed by atoms with Crippen LogP contribution in [-0.2, 0) is 0 Å². The summed E-state index contributed by atoms with van der Waals surface area (Å²) in [7, 11) is 0. The van der Waals surface area contributed by atoms with Crippen LogP contribution >= 0.6 is 15.9 Å². The number of oxazole rings is 1. The summed E-state index contributed by atoms with van der Waals surface area (Å²) in [6.07, 6.45) is 2.95. The molecule has 0 amide bonds. The van der Waals surface area contributed by atoms with Crippen LogP contribution in [0.15, 0.2) is 21.7 Å². The summed E-state index contributed by atoms with van der Waals surface area (Å²) in [4.78, 5) is 3.61. The fourth-order valence-electron chi connectivity index (χ4n) is 0.200. The van der Waals surface area contributed by atoms with E-state index in [1.165, 1.54) is 6.39 Å². The third kappa shape index (κ3) is 7.69. The van der Waals surface area contributed by atoms with E-state index in [0.29, 0.717) is 4.67 Å². The second-order valence-corrected chi connectivity index (χ2v) is 1.59. The molecule has 0 aliphatic carbocycles. The van der Waals surface area contributed by atoms with Crippen molar-refractivity contribution in [3.63, 3.8) is 0 Å². The maximum Gasteiger partial charge on any atom is 0.189 e. The highest BCUT2D eigenvalue weighted by atomic mass is 79.9. The average Bonchev–Trinajstić information content (AvgIpc) is 2.48. The van der Waals surface area contributed by atoms with Crippen LogP contribution in [0.4, 0.5) is 0 Å². The fourth-order valence-corrected chi connectivity index (χ4v) is 0.402. The lowest BCUT2D eigenvalue weighted by molar-refractivity contribution is 0.533. The molecule has 3 heteroatoms. The Bertz CT molecular complexity index is 117. The Labute approximate surface area is 70.8 Å². The van der Waals surface area contributed by atoms with Gasteiger partial charge >= 0.3 is 0 Å². The molecule has 0 fully saturated rings. The van der Waals surface area contributed by atoms with Crippen molar-refractivity contribution in [3.8, 4) is 0 Å². The van der Waals surface area contributed by atoms with Gasteiger partial charge in [-0.3, -0.25) is 0 Å². The molecule has 1 heterocycles. The first-order valence-corrected chi connectivity index (χ1v) is 4.23. The van der Waals surface area contributed by atoms with Crippen LogP contribution in [0.5, 0.6) is 0 Å². The third-order valence-electron chi connectivity index (χ3n) is 0.402. The second-order valence-electron chi connectivity index (χ2n) is 0.806. The molecule has 0 N–H and O–H groups in total. The van der Waals surface area contributed by atoms with E-state index in [2.05, 4.69) is 25.3 Å². The third-order valence-corrected chi connectivity index (χ3v) is 0.794. The number of nitrogens with zero attached hydrogens (tertiary/aromatic N) is 1. The SMILES string of the molecule is Brc1cnco1.CC.CC. The second kappa shape index (κ2) is 11.5. The van der Waals surface area contributed by atoms with Gasteiger partial charge in [0.15, 0.2) is 11.1 Å². The van der Waals surface area contributed by atoms with E-state index < -0.39 is 0 Å². The van der Waals surface area contributed by atoms with Crippen LogP contribution in [0.3, 0.4) is 0 Å². The lowest BCUT2D eigenvalue weighted by atomic mass is 11.0. The summed E-state index contributed by atoms with van der Waals surface area (Å²) in [5, 5.41) is 0. The summed E-state index contributed by atoms with van der Waals surface area (Å²) in [6, 6.07) is 0. The molecule has 0 aliphatic heterocycles. The Morgan fingerprint density at radius 3 is 1.90 bits per heavy atom. The van der Waals surface area contributed by atoms with Crippen molar-refractivity contribution in [2.75, 3.05) is 0 Å². The van der Waals surface area contributed by atoms with Gasteiger partial charge in [-0.2, -0.15) is 0 Å². The zero-order chi connectivity index (χ0) is 8.41. The highest BCUT2D eigenvalue weighted by molar-refractivity contribution is 9.10. The molecule has 1 rings (SSSR count). The molecule has 0 saturated heterocycles. The smallest absolute Gasteiger partial charge is 0.189 e. The van der Waals surface area contributed by atoms with Crippen molar-refractivity contribution in [2.24, 2.45) is 0 Å². The van der Waals surface area contributed by atoms with Crippen LogP contribution in [0.1, 0.15) is 27.7 Å². The van der Waals surface area contributed by atoms with Gasteiger partial charge in [-0.05, 0) is 15.9 Å². The molecule has 10 heavy (non-hydrogen) atoms. The van der Waals surface area contributed by atoms with Gasteiger partial charge in [0.25, 0.3) is 0 Å². The van der Waals surface area contributed by atoms with Crippen LogP contribution in [0.2, 0.25) is 0 Å². The van der Waals surface area contributed by atoms with E-state index in [4.69, 9.17) is 0 Å². The van der Waals surface area contributed by atoms with Gasteiger partial charge in [0.1, 0.15) is 0 Å². The molecule has 2 nitrogen and oxygen atoms in total. The summed E-state index contributed by atoms with van der Waals surface area (Å²) < 4.78 is 5.31. The van der Waals surface area contributed by atoms with E-state index >= 15 is 0 Å². The minimum Gasteiger partial charge on any atom is -0.437 e. The maximum atomic E-state index is 4.64. The van der Waals surface area contributed by atoms with E-state index in [1.54, 1.807) is 6.20 Å². The molecule has 0 aromatic carbocycles. The minimum absolute atomic E-state index is 0.669. The topological polar surface area (TPSA) is 26.0 Å². The highest BCUT2D eigenvalue weighted by Gasteiger charge is 1.80. The molecule has 0 bridgehead atoms. The number of halogens is 1. The zero-order valence-corrected chi connectivity index (χ0v) is 8.47. The van der Waals surface area contributed by atoms with Gasteiger partial charge in [-0.1, -0.05) is 27.7 Å². The molecule has 1 aromatic heterocycles. The maximum absolute atomic E-state index is 4.64. The molecule has 0 radical (unpaired) electrons. The standard InChI is InChI=1S/C3H2BrNO.2C2H6/c4-3-1-5-2-6-3;2*1-2/h1-2H;2*1-2H3. The summed E-state index contributed by atoms with van der Waals surface area (Å²) in [6.45, 7) is 8.00. The van der Waals surface area contributed by atoms with Gasteiger partial charge in [0.2, 0.25) is 0 Å². The quantitative estimate of drug-likeness (QED) is 0.652. The lowest BCUT2D eigenvalue weighted by Gasteiger charge is -1.63. The first kappa shape index (κ1) is 12.4. The van der Waals surface area contributed by atoms with Crippen molar-refractivity contribution in [1.82, 2.24) is 4.98 Å². The molecule has 1 aromatic rings. The van der Waals surface area contributed by atoms with Gasteiger partial charge in [-0.25, -0.2) is 4.98 Å². The van der Waals surface area contributed by atoms with Gasteiger partial charge in [0.05, 0.1) is 6.20 Å². The first-order chi connectivity index (χ1) is 4.89. The van der Waals surface area contributed by atoms with Gasteiger partial charge < -0.3 is 4.42 Å². The number of hydrogen-bond acceptors (Lipinski definition) is 2. The Morgan fingerprint density at radius 1 is 1.30 bits per heavy atom. The molecule has 0 atom stereocenters. The predicted molar refractivity (Wildman–Crippen MR) is 46.9 cm³/mol. The Morgan fingerprint density at radius 2 is 1.80 bits per heavy atom. The van der Waals surface area contributed by atoms with Gasteiger partial charge in [-0.15, -0.1) is 0 Å². The first-order valence-electron chi connectivity index (χ1n) is 3.43. The van der Waals surface area contributed by atoms with Crippen molar-refractivity contribution >= 4 is 15.9 Å². The van der Waals surface area contributed by atoms with E-state index in [9.17, 15) is 0 Å². The molecule has 0 spiro atoms. The van der Waals surface area contributed by atoms with Crippen LogP contribution in [0, 0.1) is 0 Å². The van der Waals surface area contributed by atoms with Gasteiger partial charge in [0, 0.05) is 0 Å². The monoisotopic (exact) mass is 207 g/mol. The van der Waals surface area contributed by atoms with Crippen molar-refractivity contribution in [1.29, 1.82) is 0 Å². The van der Waals surface area contributed by atoms with Crippen molar-refractivity contribution < 1.29 is 4.42 Å². The Balaban J connectivity index is 0. The largest absolute Gasteiger partial charge is 0.437 e. The summed E-state index contributed by atoms with van der Waals surface area (Å²) >= 11 is 3.05. The molecule has 60 valence electrons. The van der Waals surface area contributed by atoms with Crippen LogP contribution in [-0.4, -0.2) is 4.98 Å². The number of hydrogen-bond donors (Lipinski definition) is 0. The molecule has 0 aliphatic rings. The number of aromatic nitrogens is 1. The van der Waals surface area contributed by atoms with Crippen molar-refractivity contribution in [3.05, 3.63) is 17.3 Å². The zero-order valence-electron chi connectivity index (χ0n) is 6.89. The average molecular weight is 208 g/mol. The Kier molecular flexibility index (Phi) is 14.2. The summed E-state index contributed by atoms with van der Waals surface area (Å²) in [5.74, 6) is 0. The molecular weight excluding hydrogens is 194 g/mol. The predicted octanol–water partition coefficient (Wildman–Crippen LogP) is 3.49. The van der Waals surface area contributed by atoms with E-state index in [-0.39, 0.29) is 0 Å². The molecular formula is C7H14BrNO. The number of rotatable bonds is 0. The Hall–Kier alpha value is -0.310. The fraction of sp³-hybridized carbons (Fsp3) is 0.571. The molecule has 0 unspecified atom stereocenters. The summed E-state index contributed by atoms with van der Waals surface area (Å²) in [5.41, 5.74) is 0.